The summed E-state index contributed by atoms with van der Waals surface area (Å²) < 4.78 is 0. The monoisotopic (exact) mass is 267 g/mol. The second-order valence-corrected chi connectivity index (χ2v) is 6.69. The predicted octanol–water partition coefficient (Wildman–Crippen LogP) is 2.85. The van der Waals surface area contributed by atoms with Crippen molar-refractivity contribution in [3.63, 3.8) is 0 Å². The van der Waals surface area contributed by atoms with Crippen molar-refractivity contribution in [2.45, 2.75) is 70.8 Å². The molecule has 4 nitrogen and oxygen atoms in total. The molecular weight excluding hydrogens is 238 g/mol. The number of nitrogens with zero attached hydrogens (tertiary/aromatic N) is 1. The molecule has 1 atom stereocenters. The van der Waals surface area contributed by atoms with Gasteiger partial charge < -0.3 is 16.3 Å². The zero-order chi connectivity index (χ0) is 13.7. The number of hydrogen-bond acceptors (Lipinski definition) is 3. The van der Waals surface area contributed by atoms with Crippen LogP contribution < -0.4 is 11.1 Å². The largest absolute Gasteiger partial charge is 0.409 e. The van der Waals surface area contributed by atoms with Gasteiger partial charge in [-0.05, 0) is 43.9 Å². The molecule has 2 aliphatic carbocycles. The van der Waals surface area contributed by atoms with Crippen LogP contribution in [0, 0.1) is 11.3 Å². The molecule has 0 aromatic carbocycles. The molecule has 0 radical (unpaired) electrons. The lowest BCUT2D eigenvalue weighted by Crippen LogP contribution is -2.38. The van der Waals surface area contributed by atoms with E-state index in [1.165, 1.54) is 51.4 Å². The quantitative estimate of drug-likeness (QED) is 0.228. The van der Waals surface area contributed by atoms with Crippen LogP contribution in [-0.2, 0) is 0 Å². The molecule has 0 spiro atoms. The maximum Gasteiger partial charge on any atom is 0.139 e. The summed E-state index contributed by atoms with van der Waals surface area (Å²) in [5.41, 5.74) is 5.91. The standard InChI is InChI=1S/C15H29N3O/c1-12(13-6-4-2-3-5-7-13)17-11-15(8-9-15)10-14(16)18-19/h12-13,17,19H,2-11H2,1H3,(H2,16,18)/t12-/m0/s1. The van der Waals surface area contributed by atoms with Crippen molar-refractivity contribution in [1.29, 1.82) is 0 Å². The SMILES string of the molecule is C[C@H](NCC1(CC(N)=NO)CC1)C1CCCCCC1. The molecule has 0 saturated heterocycles. The smallest absolute Gasteiger partial charge is 0.139 e. The van der Waals surface area contributed by atoms with Gasteiger partial charge >= 0.3 is 0 Å². The van der Waals surface area contributed by atoms with Gasteiger partial charge in [0.15, 0.2) is 0 Å². The molecule has 4 heteroatoms. The Morgan fingerprint density at radius 1 is 1.32 bits per heavy atom. The number of oxime groups is 1. The van der Waals surface area contributed by atoms with E-state index in [4.69, 9.17) is 10.9 Å². The van der Waals surface area contributed by atoms with Gasteiger partial charge in [0.05, 0.1) is 0 Å². The van der Waals surface area contributed by atoms with Crippen LogP contribution in [0.15, 0.2) is 5.16 Å². The van der Waals surface area contributed by atoms with Crippen LogP contribution in [0.4, 0.5) is 0 Å². The van der Waals surface area contributed by atoms with Crippen LogP contribution in [-0.4, -0.2) is 23.6 Å². The van der Waals surface area contributed by atoms with E-state index < -0.39 is 0 Å². The Morgan fingerprint density at radius 3 is 2.47 bits per heavy atom. The molecule has 0 aromatic heterocycles. The van der Waals surface area contributed by atoms with Crippen LogP contribution in [0.25, 0.3) is 0 Å². The molecule has 0 unspecified atom stereocenters. The first kappa shape index (κ1) is 14.6. The van der Waals surface area contributed by atoms with Gasteiger partial charge in [-0.25, -0.2) is 0 Å². The second-order valence-electron chi connectivity index (χ2n) is 6.69. The van der Waals surface area contributed by atoms with Crippen molar-refractivity contribution in [2.24, 2.45) is 22.2 Å². The van der Waals surface area contributed by atoms with Gasteiger partial charge in [-0.1, -0.05) is 30.8 Å². The highest BCUT2D eigenvalue weighted by Crippen LogP contribution is 2.48. The summed E-state index contributed by atoms with van der Waals surface area (Å²) in [4.78, 5) is 0. The number of nitrogens with one attached hydrogen (secondary N) is 1. The third kappa shape index (κ3) is 4.37. The van der Waals surface area contributed by atoms with E-state index >= 15 is 0 Å². The van der Waals surface area contributed by atoms with Crippen LogP contribution in [0.1, 0.15) is 64.7 Å². The summed E-state index contributed by atoms with van der Waals surface area (Å²) >= 11 is 0. The van der Waals surface area contributed by atoms with Gasteiger partial charge in [0, 0.05) is 19.0 Å². The number of nitrogens with two attached hydrogens (primary N) is 1. The molecule has 0 bridgehead atoms. The van der Waals surface area contributed by atoms with E-state index in [9.17, 15) is 0 Å². The fourth-order valence-electron chi connectivity index (χ4n) is 3.37. The topological polar surface area (TPSA) is 70.6 Å². The van der Waals surface area contributed by atoms with E-state index in [0.29, 0.717) is 11.9 Å². The number of rotatable bonds is 6. The summed E-state index contributed by atoms with van der Waals surface area (Å²) in [5.74, 6) is 1.21. The normalized spacial score (nSPS) is 25.8. The molecular formula is C15H29N3O. The number of amidine groups is 1. The molecule has 110 valence electrons. The molecule has 0 amide bonds. The summed E-state index contributed by atoms with van der Waals surface area (Å²) in [6.07, 6.45) is 11.5. The van der Waals surface area contributed by atoms with E-state index in [1.54, 1.807) is 0 Å². The Kier molecular flexibility index (Phi) is 5.08. The highest BCUT2D eigenvalue weighted by Gasteiger charge is 2.43. The summed E-state index contributed by atoms with van der Waals surface area (Å²) in [6, 6.07) is 0.600. The van der Waals surface area contributed by atoms with Gasteiger partial charge in [0.1, 0.15) is 5.84 Å². The fraction of sp³-hybridized carbons (Fsp3) is 0.933. The predicted molar refractivity (Wildman–Crippen MR) is 78.3 cm³/mol. The van der Waals surface area contributed by atoms with Crippen molar-refractivity contribution < 1.29 is 5.21 Å². The van der Waals surface area contributed by atoms with Crippen molar-refractivity contribution >= 4 is 5.84 Å². The highest BCUT2D eigenvalue weighted by molar-refractivity contribution is 5.80. The maximum atomic E-state index is 8.68. The Bertz CT molecular complexity index is 305. The van der Waals surface area contributed by atoms with Crippen molar-refractivity contribution in [3.8, 4) is 0 Å². The minimum Gasteiger partial charge on any atom is -0.409 e. The third-order valence-electron chi connectivity index (χ3n) is 5.05. The first-order valence-corrected chi connectivity index (χ1v) is 7.85. The van der Waals surface area contributed by atoms with Crippen LogP contribution >= 0.6 is 0 Å². The first-order chi connectivity index (χ1) is 9.15. The molecule has 0 heterocycles. The van der Waals surface area contributed by atoms with Crippen LogP contribution in [0.5, 0.6) is 0 Å². The Morgan fingerprint density at radius 2 is 1.95 bits per heavy atom. The summed E-state index contributed by atoms with van der Waals surface area (Å²) in [5, 5.41) is 15.5. The molecule has 19 heavy (non-hydrogen) atoms. The van der Waals surface area contributed by atoms with E-state index in [1.807, 2.05) is 0 Å². The van der Waals surface area contributed by atoms with Gasteiger partial charge in [-0.2, -0.15) is 0 Å². The molecule has 0 aromatic rings. The van der Waals surface area contributed by atoms with Crippen LogP contribution in [0.2, 0.25) is 0 Å². The van der Waals surface area contributed by atoms with Crippen molar-refractivity contribution in [1.82, 2.24) is 5.32 Å². The van der Waals surface area contributed by atoms with Crippen molar-refractivity contribution in [2.75, 3.05) is 6.54 Å². The van der Waals surface area contributed by atoms with E-state index in [2.05, 4.69) is 17.4 Å². The zero-order valence-corrected chi connectivity index (χ0v) is 12.2. The lowest BCUT2D eigenvalue weighted by Gasteiger charge is -2.26. The summed E-state index contributed by atoms with van der Waals surface area (Å²) in [7, 11) is 0. The van der Waals surface area contributed by atoms with Crippen LogP contribution in [0.3, 0.4) is 0 Å². The van der Waals surface area contributed by atoms with Crippen molar-refractivity contribution in [3.05, 3.63) is 0 Å². The minimum absolute atomic E-state index is 0.273. The molecule has 0 aliphatic heterocycles. The average molecular weight is 267 g/mol. The fourth-order valence-corrected chi connectivity index (χ4v) is 3.37. The molecule has 2 saturated carbocycles. The minimum atomic E-state index is 0.273. The molecule has 4 N–H and O–H groups in total. The zero-order valence-electron chi connectivity index (χ0n) is 12.2. The lowest BCUT2D eigenvalue weighted by atomic mass is 9.92. The van der Waals surface area contributed by atoms with Gasteiger partial charge in [0.25, 0.3) is 0 Å². The lowest BCUT2D eigenvalue weighted by molar-refractivity contribution is 0.304. The Balaban J connectivity index is 1.75. The highest BCUT2D eigenvalue weighted by atomic mass is 16.4. The average Bonchev–Trinajstić information content (AvgIpc) is 3.20. The Labute approximate surface area is 116 Å². The molecule has 2 aliphatic rings. The van der Waals surface area contributed by atoms with Gasteiger partial charge in [0.2, 0.25) is 0 Å². The van der Waals surface area contributed by atoms with E-state index in [0.717, 1.165) is 18.9 Å². The Hall–Kier alpha value is -0.770. The van der Waals surface area contributed by atoms with Gasteiger partial charge in [-0.15, -0.1) is 0 Å². The van der Waals surface area contributed by atoms with E-state index in [-0.39, 0.29) is 5.41 Å². The van der Waals surface area contributed by atoms with Gasteiger partial charge in [-0.3, -0.25) is 0 Å². The maximum absolute atomic E-state index is 8.68. The summed E-state index contributed by atoms with van der Waals surface area (Å²) in [6.45, 7) is 3.34. The molecule has 2 rings (SSSR count). The third-order valence-corrected chi connectivity index (χ3v) is 5.05. The molecule has 2 fully saturated rings. The first-order valence-electron chi connectivity index (χ1n) is 7.85. The number of hydrogen-bond donors (Lipinski definition) is 3. The second kappa shape index (κ2) is 6.60.